The van der Waals surface area contributed by atoms with E-state index < -0.39 is 0 Å². The Balaban J connectivity index is 1.70. The highest BCUT2D eigenvalue weighted by Crippen LogP contribution is 2.37. The first-order chi connectivity index (χ1) is 12.1. The van der Waals surface area contributed by atoms with Crippen molar-refractivity contribution in [3.05, 3.63) is 58.4 Å². The molecule has 0 spiro atoms. The summed E-state index contributed by atoms with van der Waals surface area (Å²) in [5.74, 6) is 0.560. The van der Waals surface area contributed by atoms with Crippen LogP contribution in [0.25, 0.3) is 11.4 Å². The van der Waals surface area contributed by atoms with Crippen LogP contribution in [0.15, 0.2) is 36.7 Å². The normalized spacial score (nSPS) is 16.8. The van der Waals surface area contributed by atoms with E-state index in [1.807, 2.05) is 25.1 Å². The van der Waals surface area contributed by atoms with Crippen molar-refractivity contribution >= 4 is 22.4 Å². The highest BCUT2D eigenvalue weighted by Gasteiger charge is 2.28. The van der Waals surface area contributed by atoms with Crippen LogP contribution in [0.4, 0.5) is 5.13 Å². The van der Waals surface area contributed by atoms with Crippen LogP contribution in [-0.4, -0.2) is 20.9 Å². The van der Waals surface area contributed by atoms with E-state index in [-0.39, 0.29) is 11.8 Å². The van der Waals surface area contributed by atoms with Crippen molar-refractivity contribution in [2.75, 3.05) is 5.73 Å². The Labute approximate surface area is 149 Å². The predicted octanol–water partition coefficient (Wildman–Crippen LogP) is 2.64. The monoisotopic (exact) mass is 351 g/mol. The van der Waals surface area contributed by atoms with Crippen molar-refractivity contribution in [2.45, 2.75) is 25.8 Å². The fourth-order valence-corrected chi connectivity index (χ4v) is 4.01. The number of hydrogen-bond acceptors (Lipinski definition) is 6. The van der Waals surface area contributed by atoms with Crippen LogP contribution in [0.2, 0.25) is 0 Å². The number of aromatic nitrogens is 3. The van der Waals surface area contributed by atoms with Gasteiger partial charge < -0.3 is 11.1 Å². The van der Waals surface area contributed by atoms with Gasteiger partial charge >= 0.3 is 0 Å². The number of carbonyl (C=O) groups is 1. The van der Waals surface area contributed by atoms with Gasteiger partial charge in [-0.05, 0) is 18.6 Å². The molecule has 3 N–H and O–H groups in total. The van der Waals surface area contributed by atoms with Crippen LogP contribution in [0.1, 0.15) is 34.0 Å². The van der Waals surface area contributed by atoms with Gasteiger partial charge in [-0.2, -0.15) is 0 Å². The molecule has 0 fully saturated rings. The first-order valence-corrected chi connectivity index (χ1v) is 8.82. The van der Waals surface area contributed by atoms with Gasteiger partial charge in [0.25, 0.3) is 0 Å². The molecule has 6 nitrogen and oxygen atoms in total. The third-order valence-electron chi connectivity index (χ3n) is 4.25. The van der Waals surface area contributed by atoms with Crippen LogP contribution < -0.4 is 11.1 Å². The first kappa shape index (κ1) is 15.7. The van der Waals surface area contributed by atoms with Gasteiger partial charge in [-0.1, -0.05) is 23.8 Å². The Morgan fingerprint density at radius 3 is 2.84 bits per heavy atom. The van der Waals surface area contributed by atoms with Crippen molar-refractivity contribution in [3.63, 3.8) is 0 Å². The van der Waals surface area contributed by atoms with Crippen LogP contribution in [0.5, 0.6) is 0 Å². The number of hydrogen-bond donors (Lipinski definition) is 2. The molecule has 1 aliphatic rings. The number of anilines is 1. The molecule has 0 unspecified atom stereocenters. The molecule has 1 atom stereocenters. The molecule has 126 valence electrons. The summed E-state index contributed by atoms with van der Waals surface area (Å²) in [6.45, 7) is 2.46. The zero-order valence-corrected chi connectivity index (χ0v) is 14.5. The number of benzene rings is 1. The number of fused-ring (bicyclic) bond motifs is 1. The quantitative estimate of drug-likeness (QED) is 0.740. The van der Waals surface area contributed by atoms with E-state index in [2.05, 4.69) is 26.3 Å². The maximum absolute atomic E-state index is 12.0. The lowest BCUT2D eigenvalue weighted by Gasteiger charge is -2.13. The Kier molecular flexibility index (Phi) is 3.93. The Morgan fingerprint density at radius 1 is 1.28 bits per heavy atom. The molecule has 25 heavy (non-hydrogen) atoms. The van der Waals surface area contributed by atoms with E-state index in [9.17, 15) is 4.79 Å². The average molecular weight is 351 g/mol. The molecule has 1 aliphatic heterocycles. The molecule has 0 saturated heterocycles. The van der Waals surface area contributed by atoms with Gasteiger partial charge in [-0.3, -0.25) is 4.79 Å². The lowest BCUT2D eigenvalue weighted by molar-refractivity contribution is -0.121. The number of rotatable bonds is 2. The molecule has 2 aromatic heterocycles. The van der Waals surface area contributed by atoms with E-state index >= 15 is 0 Å². The Bertz CT molecular complexity index is 935. The van der Waals surface area contributed by atoms with Crippen LogP contribution in [0.3, 0.4) is 0 Å². The third kappa shape index (κ3) is 3.10. The number of carbonyl (C=O) groups excluding carboxylic acids is 1. The molecule has 3 aromatic rings. The van der Waals surface area contributed by atoms with Crippen molar-refractivity contribution < 1.29 is 4.79 Å². The second-order valence-electron chi connectivity index (χ2n) is 6.11. The van der Waals surface area contributed by atoms with Crippen LogP contribution >= 0.6 is 11.3 Å². The summed E-state index contributed by atoms with van der Waals surface area (Å²) in [4.78, 5) is 26.4. The molecule has 1 amide bonds. The minimum Gasteiger partial charge on any atom is -0.375 e. The van der Waals surface area contributed by atoms with Gasteiger partial charge in [0.2, 0.25) is 5.91 Å². The van der Waals surface area contributed by atoms with Gasteiger partial charge in [0, 0.05) is 35.2 Å². The topological polar surface area (TPSA) is 93.8 Å². The highest BCUT2D eigenvalue weighted by molar-refractivity contribution is 7.15. The molecule has 3 heterocycles. The number of nitrogens with zero attached hydrogens (tertiary/aromatic N) is 3. The van der Waals surface area contributed by atoms with Gasteiger partial charge in [-0.25, -0.2) is 15.0 Å². The predicted molar refractivity (Wildman–Crippen MR) is 97.0 cm³/mol. The van der Waals surface area contributed by atoms with E-state index in [0.29, 0.717) is 23.9 Å². The van der Waals surface area contributed by atoms with Crippen molar-refractivity contribution in [2.24, 2.45) is 0 Å². The summed E-state index contributed by atoms with van der Waals surface area (Å²) < 4.78 is 0. The van der Waals surface area contributed by atoms with E-state index in [1.54, 1.807) is 12.4 Å². The van der Waals surface area contributed by atoms with Crippen LogP contribution in [-0.2, 0) is 11.3 Å². The first-order valence-electron chi connectivity index (χ1n) is 8.01. The molecule has 0 radical (unpaired) electrons. The largest absolute Gasteiger partial charge is 0.375 e. The summed E-state index contributed by atoms with van der Waals surface area (Å²) in [6, 6.07) is 8.07. The zero-order chi connectivity index (χ0) is 17.4. The number of aryl methyl sites for hydroxylation is 1. The number of nitrogens with two attached hydrogens (primary N) is 1. The Morgan fingerprint density at radius 2 is 2.08 bits per heavy atom. The molecular formula is C18H17N5OS. The number of nitrogen functional groups attached to an aromatic ring is 1. The van der Waals surface area contributed by atoms with Gasteiger partial charge in [-0.15, -0.1) is 11.3 Å². The minimum atomic E-state index is -0.112. The van der Waals surface area contributed by atoms with E-state index in [1.165, 1.54) is 11.3 Å². The number of amides is 1. The van der Waals surface area contributed by atoms with Gasteiger partial charge in [0.1, 0.15) is 0 Å². The molecule has 1 aromatic carbocycles. The SMILES string of the molecule is Cc1cccc(-c2ncc([C@H]3CC(=O)NCc4nc(N)sc43)cn2)c1. The molecular weight excluding hydrogens is 334 g/mol. The zero-order valence-electron chi connectivity index (χ0n) is 13.7. The maximum Gasteiger partial charge on any atom is 0.221 e. The molecule has 0 aliphatic carbocycles. The molecule has 4 rings (SSSR count). The fourth-order valence-electron chi connectivity index (χ4n) is 3.03. The fraction of sp³-hybridized carbons (Fsp3) is 0.222. The van der Waals surface area contributed by atoms with Crippen molar-refractivity contribution in [3.8, 4) is 11.4 Å². The second-order valence-corrected chi connectivity index (χ2v) is 7.17. The lowest BCUT2D eigenvalue weighted by atomic mass is 9.96. The summed E-state index contributed by atoms with van der Waals surface area (Å²) in [5.41, 5.74) is 9.74. The average Bonchev–Trinajstić information content (AvgIpc) is 2.91. The smallest absolute Gasteiger partial charge is 0.221 e. The van der Waals surface area contributed by atoms with Crippen molar-refractivity contribution in [1.82, 2.24) is 20.3 Å². The standard InChI is InChI=1S/C18H17N5OS/c1-10-3-2-4-11(5-10)17-21-7-12(8-22-17)13-6-15(24)20-9-14-16(13)25-18(19)23-14/h2-5,7-8,13H,6,9H2,1H3,(H2,19,23)(H,20,24)/t13-/m1/s1. The van der Waals surface area contributed by atoms with E-state index in [4.69, 9.17) is 5.73 Å². The van der Waals surface area contributed by atoms with Gasteiger partial charge in [0.05, 0.1) is 12.2 Å². The highest BCUT2D eigenvalue weighted by atomic mass is 32.1. The summed E-state index contributed by atoms with van der Waals surface area (Å²) in [7, 11) is 0. The third-order valence-corrected chi connectivity index (χ3v) is 5.29. The number of nitrogens with one attached hydrogen (secondary N) is 1. The molecule has 0 saturated carbocycles. The second kappa shape index (κ2) is 6.25. The summed E-state index contributed by atoms with van der Waals surface area (Å²) >= 11 is 1.43. The van der Waals surface area contributed by atoms with Crippen molar-refractivity contribution in [1.29, 1.82) is 0 Å². The van der Waals surface area contributed by atoms with Crippen LogP contribution in [0, 0.1) is 6.92 Å². The molecule has 0 bridgehead atoms. The summed E-state index contributed by atoms with van der Waals surface area (Å²) in [5, 5.41) is 3.38. The molecule has 7 heteroatoms. The van der Waals surface area contributed by atoms with Gasteiger partial charge in [0.15, 0.2) is 11.0 Å². The minimum absolute atomic E-state index is 0.00321. The Hall–Kier alpha value is -2.80. The number of thiazole rings is 1. The van der Waals surface area contributed by atoms with E-state index in [0.717, 1.165) is 27.3 Å². The lowest BCUT2D eigenvalue weighted by Crippen LogP contribution is -2.21. The summed E-state index contributed by atoms with van der Waals surface area (Å²) in [6.07, 6.45) is 3.95. The maximum atomic E-state index is 12.0.